The molecule has 0 aliphatic heterocycles. The highest BCUT2D eigenvalue weighted by Crippen LogP contribution is 2.35. The summed E-state index contributed by atoms with van der Waals surface area (Å²) in [5.74, 6) is 2.58. The van der Waals surface area contributed by atoms with Crippen molar-refractivity contribution in [2.45, 2.75) is 32.1 Å². The second-order valence-corrected chi connectivity index (χ2v) is 4.34. The van der Waals surface area contributed by atoms with E-state index >= 15 is 0 Å². The molecule has 0 bridgehead atoms. The quantitative estimate of drug-likeness (QED) is 0.701. The molecular formula is C13H18N2. The molecule has 1 aromatic rings. The molecule has 80 valence electrons. The molecule has 0 saturated heterocycles. The minimum atomic E-state index is 0.769. The summed E-state index contributed by atoms with van der Waals surface area (Å²) in [4.78, 5) is 8.60. The van der Waals surface area contributed by atoms with E-state index in [1.807, 2.05) is 18.5 Å². The smallest absolute Gasteiger partial charge is 0.128 e. The fourth-order valence-electron chi connectivity index (χ4n) is 2.58. The maximum atomic E-state index is 4.30. The number of rotatable bonds is 4. The molecule has 0 amide bonds. The first-order valence-electron chi connectivity index (χ1n) is 5.77. The SMILES string of the molecule is C=CC[C@H]1CCC[C@@H]1Cc1ncccn1. The fraction of sp³-hybridized carbons (Fsp3) is 0.538. The van der Waals surface area contributed by atoms with Gasteiger partial charge in [0.1, 0.15) is 5.82 Å². The Kier molecular flexibility index (Phi) is 3.49. The van der Waals surface area contributed by atoms with Gasteiger partial charge in [0.2, 0.25) is 0 Å². The van der Waals surface area contributed by atoms with Crippen LogP contribution in [0.2, 0.25) is 0 Å². The molecule has 2 heteroatoms. The lowest BCUT2D eigenvalue weighted by atomic mass is 9.90. The van der Waals surface area contributed by atoms with E-state index in [0.717, 1.165) is 30.5 Å². The molecular weight excluding hydrogens is 184 g/mol. The van der Waals surface area contributed by atoms with Gasteiger partial charge in [0.05, 0.1) is 0 Å². The lowest BCUT2D eigenvalue weighted by Crippen LogP contribution is -2.12. The van der Waals surface area contributed by atoms with Crippen molar-refractivity contribution < 1.29 is 0 Å². The lowest BCUT2D eigenvalue weighted by molar-refractivity contribution is 0.382. The van der Waals surface area contributed by atoms with E-state index in [9.17, 15) is 0 Å². The minimum Gasteiger partial charge on any atom is -0.241 e. The first-order valence-corrected chi connectivity index (χ1v) is 5.77. The van der Waals surface area contributed by atoms with Gasteiger partial charge < -0.3 is 0 Å². The lowest BCUT2D eigenvalue weighted by Gasteiger charge is -2.16. The standard InChI is InChI=1S/C13H18N2/c1-2-5-11-6-3-7-12(11)10-13-14-8-4-9-15-13/h2,4,8-9,11-12H,1,3,5-7,10H2/t11-,12+/m0/s1. The van der Waals surface area contributed by atoms with Crippen LogP contribution in [0.3, 0.4) is 0 Å². The summed E-state index contributed by atoms with van der Waals surface area (Å²) < 4.78 is 0. The zero-order valence-corrected chi connectivity index (χ0v) is 9.10. The Morgan fingerprint density at radius 3 is 2.73 bits per heavy atom. The van der Waals surface area contributed by atoms with Crippen LogP contribution >= 0.6 is 0 Å². The van der Waals surface area contributed by atoms with Crippen LogP contribution in [0.4, 0.5) is 0 Å². The average Bonchev–Trinajstić information content (AvgIpc) is 2.68. The van der Waals surface area contributed by atoms with Gasteiger partial charge in [-0.3, -0.25) is 0 Å². The van der Waals surface area contributed by atoms with E-state index in [2.05, 4.69) is 22.6 Å². The first-order chi connectivity index (χ1) is 7.40. The zero-order chi connectivity index (χ0) is 10.5. The predicted octanol–water partition coefficient (Wildman–Crippen LogP) is 3.01. The zero-order valence-electron chi connectivity index (χ0n) is 9.10. The second-order valence-electron chi connectivity index (χ2n) is 4.34. The molecule has 1 saturated carbocycles. The maximum Gasteiger partial charge on any atom is 0.128 e. The Bertz CT molecular complexity index is 308. The van der Waals surface area contributed by atoms with Crippen LogP contribution in [0.15, 0.2) is 31.1 Å². The molecule has 0 radical (unpaired) electrons. The van der Waals surface area contributed by atoms with Gasteiger partial charge in [-0.05, 0) is 37.2 Å². The minimum absolute atomic E-state index is 0.769. The first kappa shape index (κ1) is 10.3. The van der Waals surface area contributed by atoms with E-state index in [4.69, 9.17) is 0 Å². The fourth-order valence-corrected chi connectivity index (χ4v) is 2.58. The van der Waals surface area contributed by atoms with Gasteiger partial charge in [-0.1, -0.05) is 12.5 Å². The van der Waals surface area contributed by atoms with Gasteiger partial charge >= 0.3 is 0 Å². The van der Waals surface area contributed by atoms with E-state index in [-0.39, 0.29) is 0 Å². The van der Waals surface area contributed by atoms with Crippen molar-refractivity contribution >= 4 is 0 Å². The highest BCUT2D eigenvalue weighted by molar-refractivity contribution is 4.94. The summed E-state index contributed by atoms with van der Waals surface area (Å²) in [5.41, 5.74) is 0. The summed E-state index contributed by atoms with van der Waals surface area (Å²) in [6, 6.07) is 1.87. The van der Waals surface area contributed by atoms with Crippen molar-refractivity contribution in [1.29, 1.82) is 0 Å². The Balaban J connectivity index is 1.96. The van der Waals surface area contributed by atoms with Crippen LogP contribution in [-0.2, 0) is 6.42 Å². The molecule has 1 fully saturated rings. The third-order valence-corrected chi connectivity index (χ3v) is 3.35. The van der Waals surface area contributed by atoms with Crippen LogP contribution < -0.4 is 0 Å². The molecule has 1 aromatic heterocycles. The van der Waals surface area contributed by atoms with Gasteiger partial charge in [-0.2, -0.15) is 0 Å². The third kappa shape index (κ3) is 2.65. The molecule has 2 atom stereocenters. The second kappa shape index (κ2) is 5.06. The number of nitrogens with zero attached hydrogens (tertiary/aromatic N) is 2. The number of hydrogen-bond donors (Lipinski definition) is 0. The van der Waals surface area contributed by atoms with Crippen LogP contribution in [0.25, 0.3) is 0 Å². The predicted molar refractivity (Wildman–Crippen MR) is 61.4 cm³/mol. The average molecular weight is 202 g/mol. The Morgan fingerprint density at radius 1 is 1.27 bits per heavy atom. The molecule has 1 aliphatic carbocycles. The van der Waals surface area contributed by atoms with E-state index in [1.165, 1.54) is 19.3 Å². The summed E-state index contributed by atoms with van der Waals surface area (Å²) >= 11 is 0. The van der Waals surface area contributed by atoms with E-state index in [1.54, 1.807) is 0 Å². The largest absolute Gasteiger partial charge is 0.241 e. The van der Waals surface area contributed by atoms with Crippen molar-refractivity contribution in [3.8, 4) is 0 Å². The molecule has 0 N–H and O–H groups in total. The van der Waals surface area contributed by atoms with Gasteiger partial charge in [-0.15, -0.1) is 6.58 Å². The Labute approximate surface area is 91.5 Å². The number of aromatic nitrogens is 2. The van der Waals surface area contributed by atoms with Crippen molar-refractivity contribution in [2.24, 2.45) is 11.8 Å². The van der Waals surface area contributed by atoms with Crippen molar-refractivity contribution in [1.82, 2.24) is 9.97 Å². The Hall–Kier alpha value is -1.18. The van der Waals surface area contributed by atoms with Crippen molar-refractivity contribution in [2.75, 3.05) is 0 Å². The molecule has 2 rings (SSSR count). The van der Waals surface area contributed by atoms with Gasteiger partial charge in [0, 0.05) is 18.8 Å². The summed E-state index contributed by atoms with van der Waals surface area (Å²) in [6.07, 6.45) is 11.9. The number of allylic oxidation sites excluding steroid dienone is 1. The topological polar surface area (TPSA) is 25.8 Å². The molecule has 15 heavy (non-hydrogen) atoms. The highest BCUT2D eigenvalue weighted by Gasteiger charge is 2.26. The van der Waals surface area contributed by atoms with Crippen molar-refractivity contribution in [3.63, 3.8) is 0 Å². The van der Waals surface area contributed by atoms with E-state index in [0.29, 0.717) is 0 Å². The van der Waals surface area contributed by atoms with Crippen LogP contribution in [0, 0.1) is 11.8 Å². The van der Waals surface area contributed by atoms with Crippen LogP contribution in [0.5, 0.6) is 0 Å². The van der Waals surface area contributed by atoms with Crippen molar-refractivity contribution in [3.05, 3.63) is 36.9 Å². The molecule has 0 spiro atoms. The maximum absolute atomic E-state index is 4.30. The molecule has 1 heterocycles. The number of hydrogen-bond acceptors (Lipinski definition) is 2. The summed E-state index contributed by atoms with van der Waals surface area (Å²) in [7, 11) is 0. The van der Waals surface area contributed by atoms with Gasteiger partial charge in [-0.25, -0.2) is 9.97 Å². The van der Waals surface area contributed by atoms with Gasteiger partial charge in [0.25, 0.3) is 0 Å². The van der Waals surface area contributed by atoms with E-state index < -0.39 is 0 Å². The summed E-state index contributed by atoms with van der Waals surface area (Å²) in [5, 5.41) is 0. The summed E-state index contributed by atoms with van der Waals surface area (Å²) in [6.45, 7) is 3.83. The Morgan fingerprint density at radius 2 is 2.00 bits per heavy atom. The van der Waals surface area contributed by atoms with Crippen LogP contribution in [-0.4, -0.2) is 9.97 Å². The molecule has 2 nitrogen and oxygen atoms in total. The van der Waals surface area contributed by atoms with Gasteiger partial charge in [0.15, 0.2) is 0 Å². The third-order valence-electron chi connectivity index (χ3n) is 3.35. The highest BCUT2D eigenvalue weighted by atomic mass is 14.8. The molecule has 0 aromatic carbocycles. The monoisotopic (exact) mass is 202 g/mol. The molecule has 0 unspecified atom stereocenters. The molecule has 1 aliphatic rings. The normalized spacial score (nSPS) is 25.3. The van der Waals surface area contributed by atoms with Crippen LogP contribution in [0.1, 0.15) is 31.5 Å².